The summed E-state index contributed by atoms with van der Waals surface area (Å²) in [7, 11) is 1.88. The molecule has 1 N–H and O–H groups in total. The van der Waals surface area contributed by atoms with E-state index in [2.05, 4.69) is 5.32 Å². The minimum absolute atomic E-state index is 0.646. The third-order valence-corrected chi connectivity index (χ3v) is 1.83. The fraction of sp³-hybridized carbons (Fsp3) is 0.455. The smallest absolute Gasteiger partial charge is 0.163 e. The number of rotatable bonds is 5. The Labute approximate surface area is 85.0 Å². The van der Waals surface area contributed by atoms with Gasteiger partial charge in [0.25, 0.3) is 0 Å². The number of hydrogen-bond donors (Lipinski definition) is 1. The van der Waals surface area contributed by atoms with Gasteiger partial charge >= 0.3 is 0 Å². The summed E-state index contributed by atoms with van der Waals surface area (Å²) in [5.74, 6) is 1.59. The highest BCUT2D eigenvalue weighted by atomic mass is 16.5. The Hall–Kier alpha value is -1.38. The van der Waals surface area contributed by atoms with Crippen molar-refractivity contribution < 1.29 is 9.47 Å². The molecule has 0 aliphatic carbocycles. The highest BCUT2D eigenvalue weighted by molar-refractivity contribution is 5.54. The number of ether oxygens (including phenoxy) is 2. The molecule has 1 aromatic rings. The summed E-state index contributed by atoms with van der Waals surface area (Å²) in [5.41, 5.74) is 1.02. The van der Waals surface area contributed by atoms with E-state index in [1.165, 1.54) is 0 Å². The van der Waals surface area contributed by atoms with E-state index < -0.39 is 0 Å². The van der Waals surface area contributed by atoms with E-state index in [-0.39, 0.29) is 0 Å². The lowest BCUT2D eigenvalue weighted by atomic mass is 10.3. The van der Waals surface area contributed by atoms with Crippen LogP contribution in [0.4, 0.5) is 5.69 Å². The molecule has 78 valence electrons. The van der Waals surface area contributed by atoms with E-state index >= 15 is 0 Å². The Balaban J connectivity index is 2.91. The zero-order valence-corrected chi connectivity index (χ0v) is 8.96. The van der Waals surface area contributed by atoms with Crippen LogP contribution >= 0.6 is 0 Å². The zero-order valence-electron chi connectivity index (χ0n) is 8.96. The standard InChI is InChI=1S/C11H17NO2/c1-4-13-10-7-6-9(12-3)8-11(10)14-5-2/h6-8,12H,4-5H2,1-3H3. The summed E-state index contributed by atoms with van der Waals surface area (Å²) in [4.78, 5) is 0. The van der Waals surface area contributed by atoms with Crippen LogP contribution in [-0.4, -0.2) is 20.3 Å². The molecule has 0 spiro atoms. The summed E-state index contributed by atoms with van der Waals surface area (Å²) in [6.45, 7) is 5.22. The van der Waals surface area contributed by atoms with E-state index in [1.807, 2.05) is 39.1 Å². The molecule has 3 nitrogen and oxygen atoms in total. The van der Waals surface area contributed by atoms with Crippen molar-refractivity contribution in [2.24, 2.45) is 0 Å². The largest absolute Gasteiger partial charge is 0.490 e. The highest BCUT2D eigenvalue weighted by Gasteiger charge is 2.04. The summed E-state index contributed by atoms with van der Waals surface area (Å²) in [6.07, 6.45) is 0. The third kappa shape index (κ3) is 2.55. The molecule has 0 bridgehead atoms. The molecule has 0 saturated heterocycles. The van der Waals surface area contributed by atoms with Gasteiger partial charge in [0.1, 0.15) is 0 Å². The van der Waals surface area contributed by atoms with Crippen LogP contribution in [-0.2, 0) is 0 Å². The average molecular weight is 195 g/mol. The Bertz CT molecular complexity index is 287. The normalized spacial score (nSPS) is 9.64. The summed E-state index contributed by atoms with van der Waals surface area (Å²) in [5, 5.41) is 3.06. The van der Waals surface area contributed by atoms with Gasteiger partial charge in [-0.05, 0) is 26.0 Å². The zero-order chi connectivity index (χ0) is 10.4. The van der Waals surface area contributed by atoms with Crippen LogP contribution in [0.3, 0.4) is 0 Å². The second-order valence-electron chi connectivity index (χ2n) is 2.78. The molecule has 3 heteroatoms. The minimum atomic E-state index is 0.646. The van der Waals surface area contributed by atoms with Crippen LogP contribution in [0.2, 0.25) is 0 Å². The second kappa shape index (κ2) is 5.37. The molecule has 0 saturated carbocycles. The quantitative estimate of drug-likeness (QED) is 0.783. The maximum Gasteiger partial charge on any atom is 0.163 e. The van der Waals surface area contributed by atoms with Gasteiger partial charge in [-0.2, -0.15) is 0 Å². The van der Waals surface area contributed by atoms with Crippen molar-refractivity contribution in [3.8, 4) is 11.5 Å². The first kappa shape index (κ1) is 10.7. The van der Waals surface area contributed by atoms with Crippen LogP contribution in [0.25, 0.3) is 0 Å². The fourth-order valence-electron chi connectivity index (χ4n) is 1.21. The number of benzene rings is 1. The summed E-state index contributed by atoms with van der Waals surface area (Å²) >= 11 is 0. The molecule has 0 radical (unpaired) electrons. The van der Waals surface area contributed by atoms with E-state index in [9.17, 15) is 0 Å². The van der Waals surface area contributed by atoms with Crippen LogP contribution in [0.15, 0.2) is 18.2 Å². The first-order chi connectivity index (χ1) is 6.81. The van der Waals surface area contributed by atoms with Gasteiger partial charge in [-0.25, -0.2) is 0 Å². The molecule has 1 rings (SSSR count). The van der Waals surface area contributed by atoms with Crippen molar-refractivity contribution in [3.05, 3.63) is 18.2 Å². The first-order valence-corrected chi connectivity index (χ1v) is 4.89. The van der Waals surface area contributed by atoms with Crippen molar-refractivity contribution in [1.82, 2.24) is 0 Å². The second-order valence-corrected chi connectivity index (χ2v) is 2.78. The van der Waals surface area contributed by atoms with Crippen LogP contribution in [0.1, 0.15) is 13.8 Å². The lowest BCUT2D eigenvalue weighted by Gasteiger charge is -2.11. The number of hydrogen-bond acceptors (Lipinski definition) is 3. The molecular formula is C11H17NO2. The molecule has 0 aromatic heterocycles. The molecule has 14 heavy (non-hydrogen) atoms. The van der Waals surface area contributed by atoms with Crippen molar-refractivity contribution in [2.75, 3.05) is 25.6 Å². The summed E-state index contributed by atoms with van der Waals surface area (Å²) in [6, 6.07) is 5.82. The van der Waals surface area contributed by atoms with E-state index in [1.54, 1.807) is 0 Å². The topological polar surface area (TPSA) is 30.5 Å². The minimum Gasteiger partial charge on any atom is -0.490 e. The van der Waals surface area contributed by atoms with Crippen LogP contribution < -0.4 is 14.8 Å². The predicted octanol–water partition coefficient (Wildman–Crippen LogP) is 2.53. The fourth-order valence-corrected chi connectivity index (χ4v) is 1.21. The van der Waals surface area contributed by atoms with E-state index in [0.717, 1.165) is 17.2 Å². The highest BCUT2D eigenvalue weighted by Crippen LogP contribution is 2.30. The molecular weight excluding hydrogens is 178 g/mol. The van der Waals surface area contributed by atoms with Gasteiger partial charge in [0.2, 0.25) is 0 Å². The molecule has 0 aliphatic heterocycles. The Morgan fingerprint density at radius 2 is 1.71 bits per heavy atom. The van der Waals surface area contributed by atoms with E-state index in [4.69, 9.17) is 9.47 Å². The molecule has 0 aliphatic rings. The molecule has 1 aromatic carbocycles. The molecule has 0 atom stereocenters. The van der Waals surface area contributed by atoms with Gasteiger partial charge in [-0.1, -0.05) is 0 Å². The van der Waals surface area contributed by atoms with Gasteiger partial charge < -0.3 is 14.8 Å². The first-order valence-electron chi connectivity index (χ1n) is 4.89. The van der Waals surface area contributed by atoms with Gasteiger partial charge in [-0.3, -0.25) is 0 Å². The van der Waals surface area contributed by atoms with Crippen molar-refractivity contribution >= 4 is 5.69 Å². The van der Waals surface area contributed by atoms with Gasteiger partial charge in [-0.15, -0.1) is 0 Å². The van der Waals surface area contributed by atoms with Gasteiger partial charge in [0.15, 0.2) is 11.5 Å². The van der Waals surface area contributed by atoms with Crippen molar-refractivity contribution in [2.45, 2.75) is 13.8 Å². The maximum absolute atomic E-state index is 5.47. The molecule has 0 unspecified atom stereocenters. The number of anilines is 1. The Morgan fingerprint density at radius 3 is 2.29 bits per heavy atom. The van der Waals surface area contributed by atoms with Crippen LogP contribution in [0, 0.1) is 0 Å². The average Bonchev–Trinajstić information content (AvgIpc) is 2.21. The molecule has 0 heterocycles. The van der Waals surface area contributed by atoms with Crippen molar-refractivity contribution in [1.29, 1.82) is 0 Å². The third-order valence-electron chi connectivity index (χ3n) is 1.83. The molecule has 0 fully saturated rings. The van der Waals surface area contributed by atoms with E-state index in [0.29, 0.717) is 13.2 Å². The summed E-state index contributed by atoms with van der Waals surface area (Å²) < 4.78 is 10.9. The molecule has 0 amide bonds. The van der Waals surface area contributed by atoms with Crippen molar-refractivity contribution in [3.63, 3.8) is 0 Å². The lowest BCUT2D eigenvalue weighted by Crippen LogP contribution is -1.99. The van der Waals surface area contributed by atoms with Gasteiger partial charge in [0, 0.05) is 18.8 Å². The van der Waals surface area contributed by atoms with Gasteiger partial charge in [0.05, 0.1) is 13.2 Å². The number of nitrogens with one attached hydrogen (secondary N) is 1. The maximum atomic E-state index is 5.47. The lowest BCUT2D eigenvalue weighted by molar-refractivity contribution is 0.288. The predicted molar refractivity (Wildman–Crippen MR) is 58.3 cm³/mol. The van der Waals surface area contributed by atoms with Crippen LogP contribution in [0.5, 0.6) is 11.5 Å². The Kier molecular flexibility index (Phi) is 4.11. The Morgan fingerprint density at radius 1 is 1.07 bits per heavy atom. The monoisotopic (exact) mass is 195 g/mol. The SMILES string of the molecule is CCOc1ccc(NC)cc1OCC.